The van der Waals surface area contributed by atoms with Gasteiger partial charge in [-0.1, -0.05) is 23.9 Å². The molecular weight excluding hydrogens is 508 g/mol. The molecule has 174 valence electrons. The largest absolute Gasteiger partial charge is 0.496 e. The third-order valence-corrected chi connectivity index (χ3v) is 6.33. The Morgan fingerprint density at radius 3 is 2.55 bits per heavy atom. The monoisotopic (exact) mass is 532 g/mol. The zero-order valence-electron chi connectivity index (χ0n) is 18.6. The predicted molar refractivity (Wildman–Crippen MR) is 131 cm³/mol. The quantitative estimate of drug-likeness (QED) is 0.225. The van der Waals surface area contributed by atoms with E-state index in [1.54, 1.807) is 32.4 Å². The van der Waals surface area contributed by atoms with Crippen LogP contribution in [0.25, 0.3) is 5.69 Å². The van der Waals surface area contributed by atoms with Crippen molar-refractivity contribution in [3.8, 4) is 17.2 Å². The molecule has 0 unspecified atom stereocenters. The van der Waals surface area contributed by atoms with Crippen LogP contribution < -0.4 is 14.8 Å². The second kappa shape index (κ2) is 11.9. The smallest absolute Gasteiger partial charge is 0.216 e. The Balaban J connectivity index is 1.82. The number of amides is 1. The molecule has 0 radical (unpaired) electrons. The third kappa shape index (κ3) is 6.35. The summed E-state index contributed by atoms with van der Waals surface area (Å²) in [5.74, 6) is 2.16. The summed E-state index contributed by atoms with van der Waals surface area (Å²) in [7, 11) is 3.19. The van der Waals surface area contributed by atoms with Gasteiger partial charge in [0.2, 0.25) is 5.91 Å². The van der Waals surface area contributed by atoms with Crippen molar-refractivity contribution in [2.45, 2.75) is 24.9 Å². The molecule has 0 fully saturated rings. The SMILES string of the molecule is COc1ccc(C(=O)CSc2nnc(CCCNC(C)=O)n2-c2ccccc2OC)cc1Br. The number of nitrogens with zero attached hydrogens (tertiary/aromatic N) is 3. The lowest BCUT2D eigenvalue weighted by molar-refractivity contribution is -0.118. The van der Waals surface area contributed by atoms with Crippen molar-refractivity contribution < 1.29 is 19.1 Å². The van der Waals surface area contributed by atoms with Crippen molar-refractivity contribution >= 4 is 39.4 Å². The fourth-order valence-electron chi connectivity index (χ4n) is 3.18. The number of nitrogens with one attached hydrogen (secondary N) is 1. The van der Waals surface area contributed by atoms with Gasteiger partial charge in [-0.2, -0.15) is 0 Å². The minimum atomic E-state index is -0.0684. The van der Waals surface area contributed by atoms with Crippen LogP contribution in [0.2, 0.25) is 0 Å². The van der Waals surface area contributed by atoms with E-state index in [9.17, 15) is 9.59 Å². The predicted octanol–water partition coefficient (Wildman–Crippen LogP) is 4.09. The average molecular weight is 533 g/mol. The van der Waals surface area contributed by atoms with Crippen molar-refractivity contribution in [1.29, 1.82) is 0 Å². The van der Waals surface area contributed by atoms with Crippen LogP contribution in [0, 0.1) is 0 Å². The molecule has 0 aliphatic heterocycles. The molecule has 1 amide bonds. The van der Waals surface area contributed by atoms with Crippen LogP contribution >= 0.6 is 27.7 Å². The van der Waals surface area contributed by atoms with Gasteiger partial charge in [-0.05, 0) is 52.7 Å². The highest BCUT2D eigenvalue weighted by Crippen LogP contribution is 2.30. The standard InChI is InChI=1S/C23H25BrN4O4S/c1-15(29)25-12-6-9-22-26-27-23(28(22)18-7-4-5-8-21(18)32-3)33-14-19(30)16-10-11-20(31-2)17(24)13-16/h4-5,7-8,10-11,13H,6,9,12,14H2,1-3H3,(H,25,29). The molecule has 0 saturated heterocycles. The van der Waals surface area contributed by atoms with Gasteiger partial charge in [0.1, 0.15) is 17.3 Å². The lowest BCUT2D eigenvalue weighted by Gasteiger charge is -2.14. The average Bonchev–Trinajstić information content (AvgIpc) is 3.22. The maximum Gasteiger partial charge on any atom is 0.216 e. The summed E-state index contributed by atoms with van der Waals surface area (Å²) < 4.78 is 13.4. The van der Waals surface area contributed by atoms with Crippen LogP contribution in [0.5, 0.6) is 11.5 Å². The normalized spacial score (nSPS) is 10.7. The topological polar surface area (TPSA) is 95.3 Å². The van der Waals surface area contributed by atoms with Crippen molar-refractivity contribution in [2.24, 2.45) is 0 Å². The Morgan fingerprint density at radius 1 is 1.09 bits per heavy atom. The number of ketones is 1. The molecule has 0 atom stereocenters. The van der Waals surface area contributed by atoms with Crippen LogP contribution in [0.4, 0.5) is 0 Å². The van der Waals surface area contributed by atoms with Gasteiger partial charge in [0, 0.05) is 25.5 Å². The molecule has 1 N–H and O–H groups in total. The number of Topliss-reactive ketones (excluding diaryl/α,β-unsaturated/α-hetero) is 1. The molecule has 0 bridgehead atoms. The maximum absolute atomic E-state index is 12.8. The zero-order chi connectivity index (χ0) is 23.8. The fraction of sp³-hybridized carbons (Fsp3) is 0.304. The van der Waals surface area contributed by atoms with Gasteiger partial charge in [-0.25, -0.2) is 0 Å². The van der Waals surface area contributed by atoms with Crippen molar-refractivity contribution in [3.05, 3.63) is 58.3 Å². The molecule has 10 heteroatoms. The zero-order valence-corrected chi connectivity index (χ0v) is 21.0. The fourth-order valence-corrected chi connectivity index (χ4v) is 4.58. The lowest BCUT2D eigenvalue weighted by Crippen LogP contribution is -2.21. The molecule has 3 rings (SSSR count). The Hall–Kier alpha value is -2.85. The van der Waals surface area contributed by atoms with Crippen molar-refractivity contribution in [1.82, 2.24) is 20.1 Å². The second-order valence-corrected chi connectivity index (χ2v) is 8.85. The minimum absolute atomic E-state index is 0.0369. The number of methoxy groups -OCH3 is 2. The van der Waals surface area contributed by atoms with E-state index in [1.165, 1.54) is 18.7 Å². The first-order valence-corrected chi connectivity index (χ1v) is 12.0. The first-order valence-electron chi connectivity index (χ1n) is 10.3. The molecule has 0 aliphatic rings. The summed E-state index contributed by atoms with van der Waals surface area (Å²) in [6, 6.07) is 12.8. The first kappa shape index (κ1) is 24.8. The van der Waals surface area contributed by atoms with Crippen LogP contribution in [0.15, 0.2) is 52.1 Å². The Labute approximate surface area is 205 Å². The van der Waals surface area contributed by atoms with Gasteiger partial charge in [0.05, 0.1) is 30.1 Å². The van der Waals surface area contributed by atoms with Gasteiger partial charge in [-0.3, -0.25) is 14.2 Å². The highest BCUT2D eigenvalue weighted by atomic mass is 79.9. The van der Waals surface area contributed by atoms with Crippen LogP contribution in [-0.2, 0) is 11.2 Å². The summed E-state index contributed by atoms with van der Waals surface area (Å²) >= 11 is 4.73. The summed E-state index contributed by atoms with van der Waals surface area (Å²) in [6.07, 6.45) is 1.31. The molecule has 0 spiro atoms. The number of ether oxygens (including phenoxy) is 2. The highest BCUT2D eigenvalue weighted by molar-refractivity contribution is 9.10. The van der Waals surface area contributed by atoms with E-state index < -0.39 is 0 Å². The van der Waals surface area contributed by atoms with E-state index in [-0.39, 0.29) is 17.4 Å². The van der Waals surface area contributed by atoms with E-state index in [0.717, 1.165) is 16.0 Å². The van der Waals surface area contributed by atoms with Gasteiger partial charge < -0.3 is 14.8 Å². The van der Waals surface area contributed by atoms with E-state index in [1.807, 2.05) is 28.8 Å². The number of hydrogen-bond donors (Lipinski definition) is 1. The van der Waals surface area contributed by atoms with E-state index in [2.05, 4.69) is 31.4 Å². The number of rotatable bonds is 11. The molecule has 8 nitrogen and oxygen atoms in total. The lowest BCUT2D eigenvalue weighted by atomic mass is 10.1. The molecule has 0 aliphatic carbocycles. The molecule has 1 heterocycles. The molecular formula is C23H25BrN4O4S. The molecule has 3 aromatic rings. The minimum Gasteiger partial charge on any atom is -0.496 e. The van der Waals surface area contributed by atoms with Gasteiger partial charge in [0.15, 0.2) is 10.9 Å². The summed E-state index contributed by atoms with van der Waals surface area (Å²) in [6.45, 7) is 2.03. The number of aromatic nitrogens is 3. The van der Waals surface area contributed by atoms with E-state index in [0.29, 0.717) is 41.6 Å². The first-order chi connectivity index (χ1) is 15.9. The van der Waals surface area contributed by atoms with E-state index >= 15 is 0 Å². The number of hydrogen-bond acceptors (Lipinski definition) is 7. The Morgan fingerprint density at radius 2 is 1.85 bits per heavy atom. The number of carbonyl (C=O) groups excluding carboxylic acids is 2. The van der Waals surface area contributed by atoms with Crippen LogP contribution in [-0.4, -0.2) is 53.0 Å². The van der Waals surface area contributed by atoms with E-state index in [4.69, 9.17) is 9.47 Å². The summed E-state index contributed by atoms with van der Waals surface area (Å²) in [4.78, 5) is 24.0. The van der Waals surface area contributed by atoms with Gasteiger partial charge in [0.25, 0.3) is 0 Å². The summed E-state index contributed by atoms with van der Waals surface area (Å²) in [5.41, 5.74) is 1.37. The molecule has 1 aromatic heterocycles. The third-order valence-electron chi connectivity index (χ3n) is 4.78. The van der Waals surface area contributed by atoms with Gasteiger partial charge in [-0.15, -0.1) is 10.2 Å². The van der Waals surface area contributed by atoms with Gasteiger partial charge >= 0.3 is 0 Å². The highest BCUT2D eigenvalue weighted by Gasteiger charge is 2.19. The molecule has 33 heavy (non-hydrogen) atoms. The molecule has 0 saturated carbocycles. The second-order valence-electron chi connectivity index (χ2n) is 7.05. The number of halogens is 1. The van der Waals surface area contributed by atoms with Crippen LogP contribution in [0.1, 0.15) is 29.5 Å². The number of thioether (sulfide) groups is 1. The number of benzene rings is 2. The number of aryl methyl sites for hydroxylation is 1. The van der Waals surface area contributed by atoms with Crippen molar-refractivity contribution in [2.75, 3.05) is 26.5 Å². The molecule has 2 aromatic carbocycles. The van der Waals surface area contributed by atoms with Crippen molar-refractivity contribution in [3.63, 3.8) is 0 Å². The number of para-hydroxylation sites is 2. The maximum atomic E-state index is 12.8. The Bertz CT molecular complexity index is 1140. The number of carbonyl (C=O) groups is 2. The summed E-state index contributed by atoms with van der Waals surface area (Å²) in [5, 5.41) is 12.1. The van der Waals surface area contributed by atoms with Crippen LogP contribution in [0.3, 0.4) is 0 Å². The Kier molecular flexibility index (Phi) is 8.90.